The fourth-order valence-corrected chi connectivity index (χ4v) is 7.55. The summed E-state index contributed by atoms with van der Waals surface area (Å²) in [6, 6.07) is 10.3. The maximum Gasteiger partial charge on any atom is 0.274 e. The molecule has 1 aliphatic rings. The number of amides is 6. The molecule has 0 saturated carbocycles. The van der Waals surface area contributed by atoms with Gasteiger partial charge in [-0.15, -0.1) is 11.3 Å². The number of hydrogen-bond acceptors (Lipinski definition) is 9. The minimum Gasteiger partial charge on any atom is -0.361 e. The summed E-state index contributed by atoms with van der Waals surface area (Å²) in [7, 11) is 3.00. The Balaban J connectivity index is 1.31. The molecule has 0 unspecified atom stereocenters. The number of imidazole rings is 1. The fraction of sp³-hybridized carbons (Fsp3) is 0.385. The number of fused-ring (bicyclic) bond motifs is 4. The normalized spacial score (nSPS) is 19.9. The van der Waals surface area contributed by atoms with Crippen molar-refractivity contribution < 1.29 is 28.8 Å². The molecule has 1 aromatic carbocycles. The van der Waals surface area contributed by atoms with Crippen molar-refractivity contribution in [2.45, 2.75) is 51.7 Å². The molecule has 0 saturated heterocycles. The molecule has 294 valence electrons. The van der Waals surface area contributed by atoms with Crippen molar-refractivity contribution in [3.8, 4) is 0 Å². The van der Waals surface area contributed by atoms with Crippen LogP contribution in [0, 0.1) is 5.92 Å². The van der Waals surface area contributed by atoms with Gasteiger partial charge in [-0.3, -0.25) is 28.8 Å². The number of aromatic nitrogens is 4. The second-order valence-corrected chi connectivity index (χ2v) is 15.4. The Morgan fingerprint density at radius 2 is 1.62 bits per heavy atom. The summed E-state index contributed by atoms with van der Waals surface area (Å²) in [5.41, 5.74) is 2.40. The van der Waals surface area contributed by atoms with Gasteiger partial charge >= 0.3 is 0 Å². The van der Waals surface area contributed by atoms with Crippen LogP contribution in [-0.4, -0.2) is 122 Å². The zero-order valence-electron chi connectivity index (χ0n) is 31.9. The summed E-state index contributed by atoms with van der Waals surface area (Å²) in [4.78, 5) is 98.2. The van der Waals surface area contributed by atoms with E-state index in [1.165, 1.54) is 40.0 Å². The monoisotopic (exact) mass is 782 g/mol. The molecule has 4 aromatic heterocycles. The molecule has 0 fully saturated rings. The van der Waals surface area contributed by atoms with Crippen molar-refractivity contribution in [2.24, 2.45) is 5.92 Å². The first-order valence-corrected chi connectivity index (χ1v) is 19.3. The molecule has 5 aromatic rings. The van der Waals surface area contributed by atoms with Gasteiger partial charge in [0.1, 0.15) is 34.1 Å². The summed E-state index contributed by atoms with van der Waals surface area (Å²) in [5.74, 6) is -3.00. The molecule has 17 heteroatoms. The predicted octanol–water partition coefficient (Wildman–Crippen LogP) is 2.39. The number of para-hydroxylation sites is 1. The van der Waals surface area contributed by atoms with E-state index in [1.54, 1.807) is 53.6 Å². The molecule has 2 bridgehead atoms. The Labute approximate surface area is 327 Å². The Morgan fingerprint density at radius 3 is 2.39 bits per heavy atom. The van der Waals surface area contributed by atoms with Gasteiger partial charge in [0.25, 0.3) is 11.8 Å². The van der Waals surface area contributed by atoms with E-state index in [4.69, 9.17) is 0 Å². The molecule has 6 rings (SSSR count). The van der Waals surface area contributed by atoms with Crippen LogP contribution >= 0.6 is 11.3 Å². The van der Waals surface area contributed by atoms with E-state index in [0.29, 0.717) is 17.1 Å². The largest absolute Gasteiger partial charge is 0.361 e. The maximum atomic E-state index is 14.0. The third-order valence-electron chi connectivity index (χ3n) is 9.59. The highest BCUT2D eigenvalue weighted by atomic mass is 32.1. The highest BCUT2D eigenvalue weighted by Crippen LogP contribution is 2.26. The van der Waals surface area contributed by atoms with Gasteiger partial charge in [0.05, 0.1) is 19.1 Å². The van der Waals surface area contributed by atoms with E-state index in [-0.39, 0.29) is 49.9 Å². The van der Waals surface area contributed by atoms with Crippen molar-refractivity contribution in [3.63, 3.8) is 0 Å². The number of nitrogens with one attached hydrogen (secondary N) is 4. The minimum atomic E-state index is -1.08. The number of H-pyrrole nitrogens is 1. The molecular formula is C39H46N10O6S. The molecule has 5 heterocycles. The first kappa shape index (κ1) is 39.6. The van der Waals surface area contributed by atoms with E-state index in [0.717, 1.165) is 16.5 Å². The number of hydrogen-bond donors (Lipinski definition) is 4. The van der Waals surface area contributed by atoms with Crippen LogP contribution in [0.5, 0.6) is 0 Å². The molecule has 0 aliphatic carbocycles. The van der Waals surface area contributed by atoms with E-state index in [9.17, 15) is 28.8 Å². The second-order valence-electron chi connectivity index (χ2n) is 14.5. The van der Waals surface area contributed by atoms with Crippen LogP contribution in [0.3, 0.4) is 0 Å². The van der Waals surface area contributed by atoms with Crippen LogP contribution in [0.2, 0.25) is 0 Å². The number of nitrogens with zero attached hydrogens (tertiary/aromatic N) is 6. The summed E-state index contributed by atoms with van der Waals surface area (Å²) < 4.78 is 1.70. The zero-order valence-corrected chi connectivity index (χ0v) is 32.8. The van der Waals surface area contributed by atoms with Crippen LogP contribution in [0.15, 0.2) is 66.4 Å². The topological polar surface area (TPSA) is 194 Å². The van der Waals surface area contributed by atoms with Crippen molar-refractivity contribution >= 4 is 63.3 Å². The lowest BCUT2D eigenvalue weighted by atomic mass is 10.0. The van der Waals surface area contributed by atoms with Gasteiger partial charge in [0.15, 0.2) is 0 Å². The number of pyridine rings is 1. The number of thiazole rings is 1. The standard InChI is InChI=1S/C39H46N10O6S/c1-23(2)16-28-36-45-31(22-56-36)35(52)44-29(17-25-18-40-27-11-7-6-10-26(25)27)38(54)47(5)20-33(50)41-24(3)37(53)46(4)14-15-49(21-34(51)43-28)39(55)30-19-48-13-9-8-12-32(48)42-30/h6-13,18-19,22-24,28-29,40H,14-17,20-21H2,1-5H3,(H,41,50)(H,43,51)(H,44,52)/t24-,28-,29+/m0/s1. The number of likely N-dealkylation sites (N-methyl/N-ethyl adjacent to an activating group) is 2. The van der Waals surface area contributed by atoms with Crippen molar-refractivity contribution in [1.29, 1.82) is 0 Å². The molecule has 0 spiro atoms. The third kappa shape index (κ3) is 9.22. The summed E-state index contributed by atoms with van der Waals surface area (Å²) in [6.45, 7) is 4.81. The smallest absolute Gasteiger partial charge is 0.274 e. The first-order chi connectivity index (χ1) is 26.8. The minimum absolute atomic E-state index is 0.0193. The van der Waals surface area contributed by atoms with Gasteiger partial charge in [-0.1, -0.05) is 38.1 Å². The van der Waals surface area contributed by atoms with Crippen LogP contribution in [0.1, 0.15) is 64.8 Å². The molecule has 56 heavy (non-hydrogen) atoms. The summed E-state index contributed by atoms with van der Waals surface area (Å²) >= 11 is 1.20. The Bertz CT molecular complexity index is 2230. The Kier molecular flexibility index (Phi) is 12.1. The van der Waals surface area contributed by atoms with Crippen molar-refractivity contribution in [3.05, 3.63) is 88.4 Å². The van der Waals surface area contributed by atoms with Crippen LogP contribution in [0.4, 0.5) is 0 Å². The quantitative estimate of drug-likeness (QED) is 0.209. The van der Waals surface area contributed by atoms with Gasteiger partial charge in [-0.25, -0.2) is 9.97 Å². The Morgan fingerprint density at radius 1 is 0.875 bits per heavy atom. The van der Waals surface area contributed by atoms with Gasteiger partial charge in [0, 0.05) is 68.5 Å². The zero-order chi connectivity index (χ0) is 40.1. The van der Waals surface area contributed by atoms with E-state index < -0.39 is 53.6 Å². The highest BCUT2D eigenvalue weighted by molar-refractivity contribution is 7.09. The molecule has 16 nitrogen and oxygen atoms in total. The average Bonchev–Trinajstić information content (AvgIpc) is 3.93. The molecule has 1 aliphatic heterocycles. The Hall–Kier alpha value is -6.10. The van der Waals surface area contributed by atoms with Crippen LogP contribution < -0.4 is 16.0 Å². The van der Waals surface area contributed by atoms with Crippen LogP contribution in [-0.2, 0) is 25.6 Å². The third-order valence-corrected chi connectivity index (χ3v) is 10.5. The molecule has 0 radical (unpaired) electrons. The van der Waals surface area contributed by atoms with E-state index in [1.807, 2.05) is 38.1 Å². The van der Waals surface area contributed by atoms with Crippen molar-refractivity contribution in [2.75, 3.05) is 40.3 Å². The SMILES string of the molecule is CC(C)C[C@@H]1NC(=O)CN(C(=O)c2cn3ccccc3n2)CCN(C)C(=O)[C@H](C)NC(=O)CN(C)C(=O)[C@@H](Cc2c[nH]c3ccccc23)NC(=O)c2csc1n2. The van der Waals surface area contributed by atoms with Gasteiger partial charge in [0.2, 0.25) is 23.6 Å². The number of carbonyl (C=O) groups is 6. The predicted molar refractivity (Wildman–Crippen MR) is 210 cm³/mol. The number of benzene rings is 1. The van der Waals surface area contributed by atoms with Gasteiger partial charge in [-0.2, -0.15) is 0 Å². The lowest BCUT2D eigenvalue weighted by Gasteiger charge is -2.28. The van der Waals surface area contributed by atoms with Gasteiger partial charge < -0.3 is 40.0 Å². The first-order valence-electron chi connectivity index (χ1n) is 18.4. The lowest BCUT2D eigenvalue weighted by Crippen LogP contribution is -2.53. The van der Waals surface area contributed by atoms with Gasteiger partial charge in [-0.05, 0) is 43.0 Å². The molecule has 6 amide bonds. The number of aromatic amines is 1. The highest BCUT2D eigenvalue weighted by Gasteiger charge is 2.31. The number of rotatable bonds is 5. The summed E-state index contributed by atoms with van der Waals surface area (Å²) in [6.07, 6.45) is 5.73. The lowest BCUT2D eigenvalue weighted by molar-refractivity contribution is -0.138. The summed E-state index contributed by atoms with van der Waals surface area (Å²) in [5, 5.41) is 11.5. The fourth-order valence-electron chi connectivity index (χ4n) is 6.68. The van der Waals surface area contributed by atoms with E-state index >= 15 is 0 Å². The maximum absolute atomic E-state index is 14.0. The van der Waals surface area contributed by atoms with Crippen LogP contribution in [0.25, 0.3) is 16.6 Å². The van der Waals surface area contributed by atoms with Crippen molar-refractivity contribution in [1.82, 2.24) is 50.0 Å². The van der Waals surface area contributed by atoms with E-state index in [2.05, 4.69) is 30.9 Å². The molecule has 4 N–H and O–H groups in total. The molecule has 3 atom stereocenters. The average molecular weight is 783 g/mol. The molecular weight excluding hydrogens is 737 g/mol. The number of carbonyl (C=O) groups excluding carboxylic acids is 6. The second kappa shape index (κ2) is 17.1.